The fraction of sp³-hybridized carbons (Fsp3) is 0.611. The van der Waals surface area contributed by atoms with Crippen LogP contribution in [-0.4, -0.2) is 60.1 Å². The Hall–Kier alpha value is -2.64. The van der Waals surface area contributed by atoms with Crippen LogP contribution in [0.1, 0.15) is 33.4 Å². The van der Waals surface area contributed by atoms with Crippen molar-refractivity contribution in [1.82, 2.24) is 15.2 Å². The van der Waals surface area contributed by atoms with Gasteiger partial charge in [-0.15, -0.1) is 0 Å². The Morgan fingerprint density at radius 1 is 1.25 bits per heavy atom. The molecule has 0 unspecified atom stereocenters. The number of aliphatic imine (C=N–C) groups is 1. The number of anilines is 1. The third kappa shape index (κ3) is 9.24. The molecule has 0 radical (unpaired) electrons. The molecule has 0 aromatic carbocycles. The molecule has 3 N–H and O–H groups in total. The normalized spacial score (nSPS) is 15.8. The number of guanidine groups is 1. The summed E-state index contributed by atoms with van der Waals surface area (Å²) < 4.78 is 72.6. The Bertz CT molecular complexity index is 940. The van der Waals surface area contributed by atoms with Gasteiger partial charge in [0.2, 0.25) is 5.96 Å². The Kier molecular flexibility index (Phi) is 8.83. The van der Waals surface area contributed by atoms with Crippen molar-refractivity contribution >= 4 is 28.5 Å². The van der Waals surface area contributed by atoms with Crippen LogP contribution in [0, 0.1) is 5.82 Å². The number of alkyl halides is 3. The first-order chi connectivity index (χ1) is 14.4. The van der Waals surface area contributed by atoms with Crippen LogP contribution >= 0.6 is 0 Å². The molecule has 182 valence electrons. The number of aromatic nitrogens is 1. The number of hydrogen-bond donors (Lipinski definition) is 2. The highest BCUT2D eigenvalue weighted by Gasteiger charge is 2.31. The van der Waals surface area contributed by atoms with Crippen molar-refractivity contribution in [3.8, 4) is 0 Å². The van der Waals surface area contributed by atoms with E-state index in [1.807, 2.05) is 0 Å². The van der Waals surface area contributed by atoms with E-state index in [0.29, 0.717) is 0 Å². The summed E-state index contributed by atoms with van der Waals surface area (Å²) in [6, 6.07) is 2.18. The number of carbonyl (C=O) groups is 1. The molecule has 1 rings (SSSR count). The Morgan fingerprint density at radius 2 is 1.84 bits per heavy atom. The van der Waals surface area contributed by atoms with Crippen molar-refractivity contribution in [2.45, 2.75) is 45.0 Å². The van der Waals surface area contributed by atoms with E-state index in [0.717, 1.165) is 6.07 Å². The monoisotopic (exact) mass is 483 g/mol. The molecule has 1 heterocycles. The molecule has 32 heavy (non-hydrogen) atoms. The van der Waals surface area contributed by atoms with E-state index >= 15 is 0 Å². The molecule has 1 atom stereocenters. The zero-order valence-corrected chi connectivity index (χ0v) is 19.4. The minimum absolute atomic E-state index is 0.0904. The number of nitrogens with two attached hydrogens (primary N) is 1. The lowest BCUT2D eigenvalue weighted by molar-refractivity contribution is -0.117. The molecule has 0 aliphatic heterocycles. The highest BCUT2D eigenvalue weighted by Crippen LogP contribution is 2.28. The SMILES string of the molecule is CN(C)C(=N[C@@](C)(C[S-](=O)=NCC(F)(F)F)c1nc(N)ccc1F)NC(=O)OC(C)(C)C. The van der Waals surface area contributed by atoms with Crippen LogP contribution in [0.25, 0.3) is 0 Å². The number of carbonyl (C=O) groups excluding carboxylic acids is 1. The molecule has 0 aliphatic carbocycles. The first-order valence-corrected chi connectivity index (χ1v) is 10.5. The van der Waals surface area contributed by atoms with Gasteiger partial charge in [0.15, 0.2) is 0 Å². The lowest BCUT2D eigenvalue weighted by Crippen LogP contribution is -2.45. The molecule has 0 bridgehead atoms. The van der Waals surface area contributed by atoms with Crippen LogP contribution in [0.15, 0.2) is 21.5 Å². The van der Waals surface area contributed by atoms with Crippen molar-refractivity contribution in [2.24, 2.45) is 9.36 Å². The fourth-order valence-electron chi connectivity index (χ4n) is 2.29. The standard InChI is InChI=1S/C18H27F4N6O3S/c1-16(2,3)31-15(29)26-14(28(5)6)27-17(4,10-32(30)24-9-18(20,21)22)13-11(19)7-8-12(23)25-13/h7-8H,9-10H2,1-6H3,(H2,23,25)(H,26,27,29)/q-1/t17-/m0/s1. The van der Waals surface area contributed by atoms with Gasteiger partial charge in [0.05, 0.1) is 5.54 Å². The summed E-state index contributed by atoms with van der Waals surface area (Å²) in [5.74, 6) is -1.77. The van der Waals surface area contributed by atoms with Crippen LogP contribution in [0.3, 0.4) is 0 Å². The minimum atomic E-state index is -4.66. The number of nitrogens with one attached hydrogen (secondary N) is 1. The molecule has 14 heteroatoms. The molecule has 0 aliphatic rings. The van der Waals surface area contributed by atoms with Crippen LogP contribution in [-0.2, 0) is 25.1 Å². The number of ether oxygens (including phenoxy) is 1. The predicted molar refractivity (Wildman–Crippen MR) is 113 cm³/mol. The van der Waals surface area contributed by atoms with E-state index in [2.05, 4.69) is 19.7 Å². The lowest BCUT2D eigenvalue weighted by atomic mass is 10.00. The summed E-state index contributed by atoms with van der Waals surface area (Å²) in [5, 5.41) is 2.39. The van der Waals surface area contributed by atoms with E-state index in [9.17, 15) is 26.6 Å². The highest BCUT2D eigenvalue weighted by molar-refractivity contribution is 7.74. The van der Waals surface area contributed by atoms with E-state index in [1.165, 1.54) is 32.0 Å². The molecule has 0 spiro atoms. The van der Waals surface area contributed by atoms with Crippen molar-refractivity contribution in [1.29, 1.82) is 0 Å². The van der Waals surface area contributed by atoms with Gasteiger partial charge in [-0.2, -0.15) is 23.8 Å². The van der Waals surface area contributed by atoms with Gasteiger partial charge in [-0.05, 0) is 39.8 Å². The van der Waals surface area contributed by atoms with Gasteiger partial charge in [-0.3, -0.25) is 5.32 Å². The molecule has 0 saturated heterocycles. The summed E-state index contributed by atoms with van der Waals surface area (Å²) >= 11 is 0. The maximum atomic E-state index is 14.6. The van der Waals surface area contributed by atoms with Crippen molar-refractivity contribution < 1.29 is 31.3 Å². The lowest BCUT2D eigenvalue weighted by Gasteiger charge is -2.30. The van der Waals surface area contributed by atoms with E-state index in [-0.39, 0.29) is 17.5 Å². The predicted octanol–water partition coefficient (Wildman–Crippen LogP) is 3.17. The second kappa shape index (κ2) is 10.3. The molecular weight excluding hydrogens is 456 g/mol. The number of amides is 1. The summed E-state index contributed by atoms with van der Waals surface area (Å²) in [7, 11) is 0.588. The van der Waals surface area contributed by atoms with Crippen LogP contribution in [0.2, 0.25) is 0 Å². The molecule has 0 saturated carbocycles. The van der Waals surface area contributed by atoms with Gasteiger partial charge in [0, 0.05) is 14.1 Å². The largest absolute Gasteiger partial charge is 0.444 e. The number of hydrogen-bond acceptors (Lipinski definition) is 8. The van der Waals surface area contributed by atoms with Crippen molar-refractivity contribution in [3.05, 3.63) is 23.6 Å². The number of alkyl carbamates (subject to hydrolysis) is 1. The average molecular weight is 484 g/mol. The maximum absolute atomic E-state index is 14.6. The van der Waals surface area contributed by atoms with Crippen LogP contribution in [0.5, 0.6) is 0 Å². The molecule has 0 fully saturated rings. The van der Waals surface area contributed by atoms with Gasteiger partial charge < -0.3 is 23.9 Å². The maximum Gasteiger partial charge on any atom is 0.414 e. The zero-order chi connectivity index (χ0) is 24.9. The molecule has 1 aromatic heterocycles. The van der Waals surface area contributed by atoms with E-state index < -0.39 is 52.1 Å². The van der Waals surface area contributed by atoms with Gasteiger partial charge in [0.25, 0.3) is 0 Å². The molecule has 1 amide bonds. The number of halogens is 4. The van der Waals surface area contributed by atoms with Crippen molar-refractivity contribution in [3.63, 3.8) is 0 Å². The quantitative estimate of drug-likeness (QED) is 0.287. The third-order valence-corrected chi connectivity index (χ3v) is 4.79. The smallest absolute Gasteiger partial charge is 0.414 e. The summed E-state index contributed by atoms with van der Waals surface area (Å²) in [6.45, 7) is 4.56. The Labute approximate surface area is 185 Å². The first kappa shape index (κ1) is 27.4. The highest BCUT2D eigenvalue weighted by atomic mass is 32.2. The first-order valence-electron chi connectivity index (χ1n) is 9.24. The van der Waals surface area contributed by atoms with Gasteiger partial charge in [-0.25, -0.2) is 19.2 Å². The van der Waals surface area contributed by atoms with Crippen molar-refractivity contribution in [2.75, 3.05) is 32.1 Å². The number of pyridine rings is 1. The van der Waals surface area contributed by atoms with Crippen LogP contribution < -0.4 is 11.1 Å². The van der Waals surface area contributed by atoms with E-state index in [1.54, 1.807) is 20.8 Å². The van der Waals surface area contributed by atoms with Gasteiger partial charge in [-0.1, -0.05) is 5.75 Å². The second-order valence-corrected chi connectivity index (χ2v) is 9.36. The minimum Gasteiger partial charge on any atom is -0.444 e. The average Bonchev–Trinajstić information content (AvgIpc) is 2.59. The summed E-state index contributed by atoms with van der Waals surface area (Å²) in [6.07, 6.45) is -5.54. The zero-order valence-electron chi connectivity index (χ0n) is 18.6. The van der Waals surface area contributed by atoms with Crippen LogP contribution in [0.4, 0.5) is 28.2 Å². The summed E-state index contributed by atoms with van der Waals surface area (Å²) in [4.78, 5) is 21.7. The van der Waals surface area contributed by atoms with Gasteiger partial charge in [0.1, 0.15) is 29.5 Å². The summed E-state index contributed by atoms with van der Waals surface area (Å²) in [5.41, 5.74) is 2.62. The number of rotatable bonds is 5. The molecule has 1 aromatic rings. The fourth-order valence-corrected chi connectivity index (χ4v) is 3.35. The third-order valence-electron chi connectivity index (χ3n) is 3.56. The number of nitrogens with zero attached hydrogens (tertiary/aromatic N) is 4. The molecular formula is C18H27F4N6O3S-. The topological polar surface area (TPSA) is 122 Å². The molecule has 9 nitrogen and oxygen atoms in total. The van der Waals surface area contributed by atoms with Gasteiger partial charge >= 0.3 is 12.3 Å². The second-order valence-electron chi connectivity index (χ2n) is 8.17. The van der Waals surface area contributed by atoms with E-state index in [4.69, 9.17) is 10.5 Å². The number of nitrogen functional groups attached to an aromatic ring is 1. The Morgan fingerprint density at radius 3 is 2.34 bits per heavy atom. The Balaban J connectivity index is 3.50.